The van der Waals surface area contributed by atoms with Crippen LogP contribution in [0.3, 0.4) is 0 Å². The number of benzene rings is 4. The van der Waals surface area contributed by atoms with Crippen molar-refractivity contribution in [2.24, 2.45) is 0 Å². The molecule has 8 aromatic rings. The summed E-state index contributed by atoms with van der Waals surface area (Å²) in [4.78, 5) is 14.1. The smallest absolute Gasteiger partial charge is 0.216 e. The minimum absolute atomic E-state index is 0. The molecule has 0 N–H and O–H groups in total. The maximum atomic E-state index is 7.35. The fourth-order valence-corrected chi connectivity index (χ4v) is 7.08. The Morgan fingerprint density at radius 2 is 1.59 bits per heavy atom. The van der Waals surface area contributed by atoms with Crippen molar-refractivity contribution in [3.8, 4) is 28.3 Å². The number of rotatable bonds is 4. The molecular formula is C42H38IrN4OSi-2. The van der Waals surface area contributed by atoms with Gasteiger partial charge >= 0.3 is 0 Å². The molecule has 7 heteroatoms. The summed E-state index contributed by atoms with van der Waals surface area (Å²) in [6.07, 6.45) is 1.92. The molecule has 0 unspecified atom stereocenters. The van der Waals surface area contributed by atoms with Gasteiger partial charge in [-0.2, -0.15) is 0 Å². The molecular weight excluding hydrogens is 797 g/mol. The van der Waals surface area contributed by atoms with E-state index in [-0.39, 0.29) is 20.1 Å². The maximum Gasteiger partial charge on any atom is 0.216 e. The number of hydrogen-bond donors (Lipinski definition) is 0. The van der Waals surface area contributed by atoms with E-state index in [0.717, 1.165) is 61.4 Å². The fraction of sp³-hybridized carbons (Fsp3) is 0.167. The van der Waals surface area contributed by atoms with Crippen molar-refractivity contribution in [2.75, 3.05) is 0 Å². The number of hydrogen-bond acceptors (Lipinski definition) is 4. The Bertz CT molecular complexity index is 2460. The number of aryl methyl sites for hydroxylation is 4. The van der Waals surface area contributed by atoms with Crippen molar-refractivity contribution in [3.05, 3.63) is 138 Å². The summed E-state index contributed by atoms with van der Waals surface area (Å²) in [5.74, 6) is 0.819. The van der Waals surface area contributed by atoms with Gasteiger partial charge in [0.05, 0.1) is 30.5 Å². The van der Waals surface area contributed by atoms with Crippen LogP contribution in [0.2, 0.25) is 19.6 Å². The Balaban J connectivity index is 0.000000193. The SMILES string of the molecule is Cc1ccc2c(n1)oc1c(-c3nc4ccccc4n3-c3c(C)cccc3C)[c-]ccc12.[2H]C([2H])([2H])c1c[c-]c(-c2ccc([Si](C)(C)C)cn2)cc1.[Ir]. The van der Waals surface area contributed by atoms with E-state index in [9.17, 15) is 0 Å². The normalized spacial score (nSPS) is 12.6. The number of fused-ring (bicyclic) bond motifs is 4. The van der Waals surface area contributed by atoms with Crippen molar-refractivity contribution < 1.29 is 28.6 Å². The van der Waals surface area contributed by atoms with E-state index in [2.05, 4.69) is 103 Å². The van der Waals surface area contributed by atoms with Crippen molar-refractivity contribution in [1.29, 1.82) is 0 Å². The molecule has 5 nitrogen and oxygen atoms in total. The molecule has 4 aromatic heterocycles. The summed E-state index contributed by atoms with van der Waals surface area (Å²) in [5.41, 5.74) is 10.7. The van der Waals surface area contributed by atoms with Gasteiger partial charge in [0.2, 0.25) is 5.71 Å². The van der Waals surface area contributed by atoms with Crippen molar-refractivity contribution in [2.45, 2.75) is 47.3 Å². The van der Waals surface area contributed by atoms with Crippen LogP contribution in [0.1, 0.15) is 26.5 Å². The van der Waals surface area contributed by atoms with Crippen LogP contribution in [0.25, 0.3) is 61.4 Å². The number of pyridine rings is 2. The van der Waals surface area contributed by atoms with E-state index in [1.165, 1.54) is 22.4 Å². The molecule has 4 heterocycles. The number of furan rings is 1. The van der Waals surface area contributed by atoms with Gasteiger partial charge in [-0.15, -0.1) is 53.6 Å². The average molecular weight is 838 g/mol. The van der Waals surface area contributed by atoms with Crippen molar-refractivity contribution >= 4 is 46.4 Å². The largest absolute Gasteiger partial charge is 0.486 e. The van der Waals surface area contributed by atoms with Crippen LogP contribution in [0.15, 0.2) is 108 Å². The van der Waals surface area contributed by atoms with Crippen molar-refractivity contribution in [1.82, 2.24) is 19.5 Å². The second kappa shape index (κ2) is 13.7. The Morgan fingerprint density at radius 3 is 2.29 bits per heavy atom. The van der Waals surface area contributed by atoms with Gasteiger partial charge in [0.15, 0.2) is 0 Å². The number of para-hydroxylation sites is 3. The first-order chi connectivity index (χ1) is 24.3. The maximum absolute atomic E-state index is 7.35. The molecule has 247 valence electrons. The molecule has 0 amide bonds. The van der Waals surface area contributed by atoms with Crippen LogP contribution in [-0.4, -0.2) is 27.6 Å². The fourth-order valence-electron chi connectivity index (χ4n) is 6.04. The molecule has 0 fully saturated rings. The molecule has 8 rings (SSSR count). The molecule has 1 radical (unpaired) electrons. The predicted octanol–water partition coefficient (Wildman–Crippen LogP) is 10.1. The van der Waals surface area contributed by atoms with Gasteiger partial charge < -0.3 is 14.0 Å². The first kappa shape index (κ1) is 30.4. The van der Waals surface area contributed by atoms with Crippen LogP contribution < -0.4 is 5.19 Å². The van der Waals surface area contributed by atoms with E-state index < -0.39 is 14.9 Å². The second-order valence-corrected chi connectivity index (χ2v) is 18.3. The van der Waals surface area contributed by atoms with Gasteiger partial charge in [0.25, 0.3) is 0 Å². The topological polar surface area (TPSA) is 56.7 Å². The molecule has 4 aromatic carbocycles. The van der Waals surface area contributed by atoms with Crippen LogP contribution in [0.4, 0.5) is 0 Å². The van der Waals surface area contributed by atoms with Crippen LogP contribution in [0, 0.1) is 39.8 Å². The third kappa shape index (κ3) is 6.67. The molecule has 0 spiro atoms. The summed E-state index contributed by atoms with van der Waals surface area (Å²) in [6, 6.07) is 38.1. The molecule has 0 saturated carbocycles. The van der Waals surface area contributed by atoms with Crippen LogP contribution >= 0.6 is 0 Å². The van der Waals surface area contributed by atoms with Gasteiger partial charge in [-0.25, -0.2) is 4.98 Å². The average Bonchev–Trinajstić information content (AvgIpc) is 3.66. The third-order valence-corrected chi connectivity index (χ3v) is 10.6. The Morgan fingerprint density at radius 1 is 0.796 bits per heavy atom. The molecule has 0 atom stereocenters. The first-order valence-electron chi connectivity index (χ1n) is 17.5. The standard InChI is InChI=1S/C27H20N3O.C15H18NSi.Ir/c1-16-8-6-9-17(2)24(16)30-23-13-5-4-12-22(23)29-26(30)21-11-7-10-19-20-15-14-18(3)28-27(20)31-25(19)21;1-12-5-7-13(8-6-12)15-10-9-14(11-16-15)17(2,3)4;/h4-10,12-15H,1-3H3;5-7,9-11H,1-4H3;/q2*-1;/i;1D3;. The van der Waals surface area contributed by atoms with Gasteiger partial charge in [-0.3, -0.25) is 4.98 Å². The van der Waals surface area contributed by atoms with Crippen LogP contribution in [0.5, 0.6) is 0 Å². The van der Waals surface area contributed by atoms with Gasteiger partial charge in [-0.1, -0.05) is 79.9 Å². The Kier molecular flexibility index (Phi) is 8.48. The first-order valence-corrected chi connectivity index (χ1v) is 19.5. The van der Waals surface area contributed by atoms with Gasteiger partial charge in [-0.05, 0) is 67.0 Å². The Labute approximate surface area is 306 Å². The summed E-state index contributed by atoms with van der Waals surface area (Å²) < 4.78 is 30.5. The molecule has 0 bridgehead atoms. The number of aromatic nitrogens is 4. The monoisotopic (exact) mass is 838 g/mol. The van der Waals surface area contributed by atoms with Crippen molar-refractivity contribution in [3.63, 3.8) is 0 Å². The van der Waals surface area contributed by atoms with Gasteiger partial charge in [0, 0.05) is 47.2 Å². The molecule has 49 heavy (non-hydrogen) atoms. The van der Waals surface area contributed by atoms with Crippen LogP contribution in [-0.2, 0) is 20.1 Å². The predicted molar refractivity (Wildman–Crippen MR) is 201 cm³/mol. The number of imidazole rings is 1. The zero-order valence-corrected chi connectivity index (χ0v) is 31.7. The van der Waals surface area contributed by atoms with E-state index in [0.29, 0.717) is 11.3 Å². The minimum Gasteiger partial charge on any atom is -0.486 e. The summed E-state index contributed by atoms with van der Waals surface area (Å²) in [6.45, 7) is 11.0. The molecule has 0 aliphatic heterocycles. The zero-order chi connectivity index (χ0) is 36.1. The van der Waals surface area contributed by atoms with E-state index in [1.54, 1.807) is 12.1 Å². The van der Waals surface area contributed by atoms with E-state index in [4.69, 9.17) is 13.5 Å². The summed E-state index contributed by atoms with van der Waals surface area (Å²) in [5, 5.41) is 3.34. The second-order valence-electron chi connectivity index (χ2n) is 13.2. The molecule has 0 saturated heterocycles. The van der Waals surface area contributed by atoms with Gasteiger partial charge in [0.1, 0.15) is 0 Å². The molecule has 0 aliphatic rings. The van der Waals surface area contributed by atoms with E-state index >= 15 is 0 Å². The zero-order valence-electron chi connectivity index (χ0n) is 31.3. The summed E-state index contributed by atoms with van der Waals surface area (Å²) >= 11 is 0. The number of nitrogens with zero attached hydrogens (tertiary/aromatic N) is 4. The Hall–Kier alpha value is -4.68. The summed E-state index contributed by atoms with van der Waals surface area (Å²) in [7, 11) is -1.34. The van der Waals surface area contributed by atoms with E-state index in [1.807, 2.05) is 49.5 Å². The minimum atomic E-state index is -2.08. The molecule has 0 aliphatic carbocycles. The quantitative estimate of drug-likeness (QED) is 0.131. The third-order valence-electron chi connectivity index (χ3n) is 8.60.